The third kappa shape index (κ3) is 4.38. The van der Waals surface area contributed by atoms with Crippen molar-refractivity contribution in [3.63, 3.8) is 0 Å². The van der Waals surface area contributed by atoms with Gasteiger partial charge in [-0.2, -0.15) is 4.98 Å². The Kier molecular flexibility index (Phi) is 5.56. The van der Waals surface area contributed by atoms with Gasteiger partial charge < -0.3 is 14.8 Å². The fraction of sp³-hybridized carbons (Fsp3) is 0.444. The van der Waals surface area contributed by atoms with Crippen molar-refractivity contribution in [2.75, 3.05) is 12.4 Å². The number of benzene rings is 1. The van der Waals surface area contributed by atoms with Crippen molar-refractivity contribution in [1.29, 1.82) is 0 Å². The highest BCUT2D eigenvalue weighted by atomic mass is 79.9. The number of rotatable bonds is 5. The van der Waals surface area contributed by atoms with Crippen molar-refractivity contribution in [3.8, 4) is 17.4 Å². The summed E-state index contributed by atoms with van der Waals surface area (Å²) in [6, 6.07) is 7.88. The zero-order chi connectivity index (χ0) is 16.9. The van der Waals surface area contributed by atoms with Gasteiger partial charge >= 0.3 is 0 Å². The Hall–Kier alpha value is -1.82. The molecule has 1 aliphatic rings. The highest BCUT2D eigenvalue weighted by molar-refractivity contribution is 9.10. The number of ether oxygens (including phenoxy) is 2. The maximum absolute atomic E-state index is 5.88. The van der Waals surface area contributed by atoms with Crippen LogP contribution in [0.25, 0.3) is 0 Å². The van der Waals surface area contributed by atoms with Crippen molar-refractivity contribution in [2.45, 2.75) is 38.6 Å². The van der Waals surface area contributed by atoms with Crippen molar-refractivity contribution in [1.82, 2.24) is 9.97 Å². The molecule has 2 aromatic rings. The van der Waals surface area contributed by atoms with Gasteiger partial charge in [-0.15, -0.1) is 0 Å². The van der Waals surface area contributed by atoms with E-state index in [1.165, 1.54) is 12.8 Å². The highest BCUT2D eigenvalue weighted by Gasteiger charge is 2.19. The average molecular weight is 392 g/mol. The van der Waals surface area contributed by atoms with Crippen LogP contribution in [0.2, 0.25) is 0 Å². The molecule has 0 radical (unpaired) electrons. The van der Waals surface area contributed by atoms with E-state index in [1.807, 2.05) is 24.3 Å². The van der Waals surface area contributed by atoms with E-state index >= 15 is 0 Å². The van der Waals surface area contributed by atoms with Gasteiger partial charge in [-0.25, -0.2) is 4.98 Å². The van der Waals surface area contributed by atoms with Crippen LogP contribution in [-0.4, -0.2) is 23.1 Å². The summed E-state index contributed by atoms with van der Waals surface area (Å²) in [4.78, 5) is 8.86. The van der Waals surface area contributed by atoms with Crippen molar-refractivity contribution in [2.24, 2.45) is 5.92 Å². The van der Waals surface area contributed by atoms with Gasteiger partial charge in [0.2, 0.25) is 11.8 Å². The molecule has 24 heavy (non-hydrogen) atoms. The zero-order valence-electron chi connectivity index (χ0n) is 14.0. The predicted molar refractivity (Wildman–Crippen MR) is 97.8 cm³/mol. The summed E-state index contributed by atoms with van der Waals surface area (Å²) in [6.45, 7) is 2.31. The molecule has 0 aliphatic heterocycles. The number of aromatic nitrogens is 2. The van der Waals surface area contributed by atoms with E-state index in [1.54, 1.807) is 13.3 Å². The van der Waals surface area contributed by atoms with Gasteiger partial charge in [0.15, 0.2) is 0 Å². The summed E-state index contributed by atoms with van der Waals surface area (Å²) >= 11 is 3.45. The lowest BCUT2D eigenvalue weighted by molar-refractivity contribution is 0.360. The SMILES string of the molecule is COc1cccc(Oc2nc(N[C@H]3CC[C@H](C)CC3)ncc2Br)c1. The molecule has 0 saturated heterocycles. The molecule has 1 N–H and O–H groups in total. The summed E-state index contributed by atoms with van der Waals surface area (Å²) in [7, 11) is 1.63. The third-order valence-corrected chi connectivity index (χ3v) is 4.86. The van der Waals surface area contributed by atoms with Crippen molar-refractivity contribution < 1.29 is 9.47 Å². The molecule has 128 valence electrons. The van der Waals surface area contributed by atoms with Crippen LogP contribution in [-0.2, 0) is 0 Å². The molecule has 6 heteroatoms. The van der Waals surface area contributed by atoms with Crippen LogP contribution in [0.4, 0.5) is 5.95 Å². The van der Waals surface area contributed by atoms with Crippen molar-refractivity contribution >= 4 is 21.9 Å². The minimum absolute atomic E-state index is 0.437. The fourth-order valence-electron chi connectivity index (χ4n) is 2.86. The first-order chi connectivity index (χ1) is 11.6. The lowest BCUT2D eigenvalue weighted by Crippen LogP contribution is -2.26. The number of methoxy groups -OCH3 is 1. The molecule has 0 amide bonds. The normalized spacial score (nSPS) is 20.5. The van der Waals surface area contributed by atoms with E-state index in [4.69, 9.17) is 9.47 Å². The van der Waals surface area contributed by atoms with E-state index in [2.05, 4.69) is 38.1 Å². The molecule has 0 unspecified atom stereocenters. The smallest absolute Gasteiger partial charge is 0.238 e. The monoisotopic (exact) mass is 391 g/mol. The summed E-state index contributed by atoms with van der Waals surface area (Å²) in [5.74, 6) is 3.33. The molecule has 1 heterocycles. The van der Waals surface area contributed by atoms with E-state index in [9.17, 15) is 0 Å². The molecule has 3 rings (SSSR count). The number of halogens is 1. The van der Waals surface area contributed by atoms with Crippen LogP contribution >= 0.6 is 15.9 Å². The molecule has 5 nitrogen and oxygen atoms in total. The largest absolute Gasteiger partial charge is 0.497 e. The van der Waals surface area contributed by atoms with Crippen LogP contribution in [0.3, 0.4) is 0 Å². The summed E-state index contributed by atoms with van der Waals surface area (Å²) in [6.07, 6.45) is 6.54. The first-order valence-corrected chi connectivity index (χ1v) is 9.04. The van der Waals surface area contributed by atoms with Crippen LogP contribution in [0.15, 0.2) is 34.9 Å². The second-order valence-electron chi connectivity index (χ2n) is 6.23. The van der Waals surface area contributed by atoms with Crippen LogP contribution < -0.4 is 14.8 Å². The quantitative estimate of drug-likeness (QED) is 0.774. The molecule has 1 saturated carbocycles. The Morgan fingerprint density at radius 1 is 1.17 bits per heavy atom. The Bertz CT molecular complexity index is 688. The van der Waals surface area contributed by atoms with E-state index < -0.39 is 0 Å². The van der Waals surface area contributed by atoms with E-state index in [0.717, 1.165) is 24.5 Å². The van der Waals surface area contributed by atoms with Gasteiger partial charge in [-0.05, 0) is 59.7 Å². The number of anilines is 1. The summed E-state index contributed by atoms with van der Waals surface area (Å²) in [5.41, 5.74) is 0. The van der Waals surface area contributed by atoms with Gasteiger partial charge in [-0.3, -0.25) is 0 Å². The Balaban J connectivity index is 1.71. The minimum Gasteiger partial charge on any atom is -0.497 e. The fourth-order valence-corrected chi connectivity index (χ4v) is 3.13. The number of hydrogen-bond acceptors (Lipinski definition) is 5. The standard InChI is InChI=1S/C18H22BrN3O2/c1-12-6-8-13(9-7-12)21-18-20-11-16(19)17(22-18)24-15-5-3-4-14(10-15)23-2/h3-5,10-13H,6-9H2,1-2H3,(H,20,21,22)/t12-,13-. The molecule has 1 aliphatic carbocycles. The predicted octanol–water partition coefficient (Wildman–Crippen LogP) is 5.03. The molecule has 0 bridgehead atoms. The van der Waals surface area contributed by atoms with Gasteiger partial charge in [-0.1, -0.05) is 13.0 Å². The number of hydrogen-bond donors (Lipinski definition) is 1. The summed E-state index contributed by atoms with van der Waals surface area (Å²) < 4.78 is 11.8. The molecule has 0 spiro atoms. The maximum Gasteiger partial charge on any atom is 0.238 e. The first kappa shape index (κ1) is 17.0. The lowest BCUT2D eigenvalue weighted by atomic mass is 9.87. The van der Waals surface area contributed by atoms with E-state index in [0.29, 0.717) is 28.1 Å². The second-order valence-corrected chi connectivity index (χ2v) is 7.08. The number of nitrogens with zero attached hydrogens (tertiary/aromatic N) is 2. The van der Waals surface area contributed by atoms with Gasteiger partial charge in [0.1, 0.15) is 11.5 Å². The molecular formula is C18H22BrN3O2. The zero-order valence-corrected chi connectivity index (χ0v) is 15.5. The highest BCUT2D eigenvalue weighted by Crippen LogP contribution is 2.31. The molecule has 1 fully saturated rings. The van der Waals surface area contributed by atoms with Crippen LogP contribution in [0.5, 0.6) is 17.4 Å². The van der Waals surface area contributed by atoms with Gasteiger partial charge in [0.05, 0.1) is 17.8 Å². The molecule has 0 atom stereocenters. The molecule has 1 aromatic carbocycles. The Morgan fingerprint density at radius 2 is 1.92 bits per heavy atom. The maximum atomic E-state index is 5.88. The lowest BCUT2D eigenvalue weighted by Gasteiger charge is -2.26. The average Bonchev–Trinajstić information content (AvgIpc) is 2.60. The van der Waals surface area contributed by atoms with Crippen molar-refractivity contribution in [3.05, 3.63) is 34.9 Å². The summed E-state index contributed by atoms with van der Waals surface area (Å²) in [5, 5.41) is 3.43. The molecular weight excluding hydrogens is 370 g/mol. The van der Waals surface area contributed by atoms with Gasteiger partial charge in [0.25, 0.3) is 0 Å². The Labute approximate surface area is 150 Å². The topological polar surface area (TPSA) is 56.3 Å². The second kappa shape index (κ2) is 7.83. The molecule has 1 aromatic heterocycles. The van der Waals surface area contributed by atoms with Crippen LogP contribution in [0.1, 0.15) is 32.6 Å². The van der Waals surface area contributed by atoms with Gasteiger partial charge in [0, 0.05) is 12.1 Å². The minimum atomic E-state index is 0.437. The third-order valence-electron chi connectivity index (χ3n) is 4.32. The number of nitrogens with one attached hydrogen (secondary N) is 1. The van der Waals surface area contributed by atoms with Crippen LogP contribution in [0, 0.1) is 5.92 Å². The van der Waals surface area contributed by atoms with E-state index in [-0.39, 0.29) is 0 Å². The Morgan fingerprint density at radius 3 is 2.67 bits per heavy atom. The first-order valence-electron chi connectivity index (χ1n) is 8.25.